The van der Waals surface area contributed by atoms with Gasteiger partial charge in [0.25, 0.3) is 0 Å². The molecule has 0 amide bonds. The van der Waals surface area contributed by atoms with E-state index >= 15 is 0 Å². The van der Waals surface area contributed by atoms with E-state index in [1.807, 2.05) is 20.0 Å². The highest BCUT2D eigenvalue weighted by atomic mass is 16.5. The summed E-state index contributed by atoms with van der Waals surface area (Å²) in [5.41, 5.74) is 0.952. The highest BCUT2D eigenvalue weighted by Gasteiger charge is 2.29. The van der Waals surface area contributed by atoms with Crippen LogP contribution in [0.4, 0.5) is 11.8 Å². The molecule has 3 rings (SSSR count). The molecule has 2 aromatic heterocycles. The number of aryl methyl sites for hydroxylation is 1. The van der Waals surface area contributed by atoms with Crippen molar-refractivity contribution in [2.24, 2.45) is 0 Å². The maximum atomic E-state index is 5.12. The molecule has 3 heterocycles. The summed E-state index contributed by atoms with van der Waals surface area (Å²) < 4.78 is 10.2. The Morgan fingerprint density at radius 3 is 2.46 bits per heavy atom. The minimum atomic E-state index is 0.250. The van der Waals surface area contributed by atoms with Crippen LogP contribution in [0.15, 0.2) is 12.4 Å². The van der Waals surface area contributed by atoms with Crippen molar-refractivity contribution in [3.63, 3.8) is 0 Å². The third-order valence-corrected chi connectivity index (χ3v) is 4.09. The lowest BCUT2D eigenvalue weighted by atomic mass is 10.2. The average molecular weight is 331 g/mol. The quantitative estimate of drug-likeness (QED) is 0.785. The minimum absolute atomic E-state index is 0.250. The lowest BCUT2D eigenvalue weighted by molar-refractivity contribution is 0.340. The molecule has 2 aromatic rings. The van der Waals surface area contributed by atoms with Crippen LogP contribution in [-0.2, 0) is 0 Å². The zero-order valence-corrected chi connectivity index (χ0v) is 14.3. The van der Waals surface area contributed by atoms with Gasteiger partial charge in [-0.1, -0.05) is 0 Å². The van der Waals surface area contributed by atoms with Gasteiger partial charge in [-0.05, 0) is 13.3 Å². The zero-order chi connectivity index (χ0) is 17.1. The number of nitrogens with zero attached hydrogens (tertiary/aromatic N) is 7. The van der Waals surface area contributed by atoms with Gasteiger partial charge in [0.05, 0.1) is 14.2 Å². The van der Waals surface area contributed by atoms with Gasteiger partial charge in [0, 0.05) is 37.9 Å². The van der Waals surface area contributed by atoms with E-state index in [0.29, 0.717) is 12.0 Å². The van der Waals surface area contributed by atoms with Crippen molar-refractivity contribution in [3.8, 4) is 12.0 Å². The van der Waals surface area contributed by atoms with E-state index in [9.17, 15) is 0 Å². The normalized spacial score (nSPS) is 17.0. The van der Waals surface area contributed by atoms with Crippen LogP contribution in [0.2, 0.25) is 0 Å². The van der Waals surface area contributed by atoms with Crippen LogP contribution in [0.5, 0.6) is 12.0 Å². The maximum Gasteiger partial charge on any atom is 0.324 e. The van der Waals surface area contributed by atoms with Gasteiger partial charge in [-0.15, -0.1) is 4.98 Å². The summed E-state index contributed by atoms with van der Waals surface area (Å²) in [6, 6.07) is 2.80. The Kier molecular flexibility index (Phi) is 4.59. The number of hydrogen-bond donors (Lipinski definition) is 0. The monoisotopic (exact) mass is 331 g/mol. The van der Waals surface area contributed by atoms with Crippen LogP contribution in [0.3, 0.4) is 0 Å². The van der Waals surface area contributed by atoms with Crippen molar-refractivity contribution in [2.75, 3.05) is 44.2 Å². The smallest absolute Gasteiger partial charge is 0.324 e. The molecule has 0 saturated carbocycles. The summed E-state index contributed by atoms with van der Waals surface area (Å²) in [4.78, 5) is 25.4. The largest absolute Gasteiger partial charge is 0.467 e. The molecule has 0 spiro atoms. The maximum absolute atomic E-state index is 5.12. The fraction of sp³-hybridized carbons (Fsp3) is 0.533. The lowest BCUT2D eigenvalue weighted by Crippen LogP contribution is -2.35. The van der Waals surface area contributed by atoms with Gasteiger partial charge in [0.1, 0.15) is 12.1 Å². The van der Waals surface area contributed by atoms with Crippen LogP contribution in [0.25, 0.3) is 0 Å². The van der Waals surface area contributed by atoms with E-state index in [2.05, 4.69) is 34.7 Å². The Balaban J connectivity index is 1.75. The molecule has 9 heteroatoms. The molecule has 0 aromatic carbocycles. The van der Waals surface area contributed by atoms with E-state index in [0.717, 1.165) is 31.0 Å². The first-order valence-electron chi connectivity index (χ1n) is 7.71. The topological polar surface area (TPSA) is 89.4 Å². The molecule has 0 aliphatic carbocycles. The highest BCUT2D eigenvalue weighted by Crippen LogP contribution is 2.24. The number of rotatable bonds is 5. The second-order valence-electron chi connectivity index (χ2n) is 5.63. The fourth-order valence-corrected chi connectivity index (χ4v) is 2.71. The lowest BCUT2D eigenvalue weighted by Gasteiger charge is -2.25. The van der Waals surface area contributed by atoms with E-state index in [-0.39, 0.29) is 12.0 Å². The molecule has 1 aliphatic rings. The Labute approximate surface area is 140 Å². The van der Waals surface area contributed by atoms with Crippen molar-refractivity contribution in [1.82, 2.24) is 24.9 Å². The molecule has 0 radical (unpaired) electrons. The Hall–Kier alpha value is -2.71. The number of aromatic nitrogens is 5. The summed E-state index contributed by atoms with van der Waals surface area (Å²) in [5.74, 6) is 1.48. The van der Waals surface area contributed by atoms with Gasteiger partial charge in [0.15, 0.2) is 0 Å². The summed E-state index contributed by atoms with van der Waals surface area (Å²) in [5, 5.41) is 0. The Morgan fingerprint density at radius 1 is 1.12 bits per heavy atom. The van der Waals surface area contributed by atoms with Gasteiger partial charge in [-0.3, -0.25) is 0 Å². The Morgan fingerprint density at radius 2 is 1.83 bits per heavy atom. The van der Waals surface area contributed by atoms with Crippen LogP contribution in [0.1, 0.15) is 12.1 Å². The number of hydrogen-bond acceptors (Lipinski definition) is 9. The first-order chi connectivity index (χ1) is 11.6. The standard InChI is InChI=1S/C15H21N7O2/c1-10-7-12(17-9-16-10)21(2)11-5-6-22(8-11)13-18-14(23-3)20-15(19-13)24-4/h7,9,11H,5-6,8H2,1-4H3. The van der Waals surface area contributed by atoms with Crippen LogP contribution >= 0.6 is 0 Å². The molecule has 1 aliphatic heterocycles. The molecule has 0 bridgehead atoms. The molecular formula is C15H21N7O2. The number of ether oxygens (including phenoxy) is 2. The minimum Gasteiger partial charge on any atom is -0.467 e. The zero-order valence-electron chi connectivity index (χ0n) is 14.3. The first kappa shape index (κ1) is 16.2. The van der Waals surface area contributed by atoms with Crippen molar-refractivity contribution in [1.29, 1.82) is 0 Å². The summed E-state index contributed by atoms with van der Waals surface area (Å²) in [6.45, 7) is 3.59. The molecule has 1 saturated heterocycles. The summed E-state index contributed by atoms with van der Waals surface area (Å²) >= 11 is 0. The van der Waals surface area contributed by atoms with Crippen molar-refractivity contribution in [2.45, 2.75) is 19.4 Å². The van der Waals surface area contributed by atoms with E-state index in [4.69, 9.17) is 9.47 Å². The summed E-state index contributed by atoms with van der Waals surface area (Å²) in [6.07, 6.45) is 2.57. The van der Waals surface area contributed by atoms with Crippen LogP contribution in [-0.4, -0.2) is 65.3 Å². The molecule has 1 unspecified atom stereocenters. The molecule has 0 N–H and O–H groups in total. The number of methoxy groups -OCH3 is 2. The fourth-order valence-electron chi connectivity index (χ4n) is 2.71. The molecule has 24 heavy (non-hydrogen) atoms. The van der Waals surface area contributed by atoms with Crippen LogP contribution in [0, 0.1) is 6.92 Å². The van der Waals surface area contributed by atoms with E-state index in [1.54, 1.807) is 6.33 Å². The van der Waals surface area contributed by atoms with Gasteiger partial charge < -0.3 is 19.3 Å². The predicted molar refractivity (Wildman–Crippen MR) is 88.7 cm³/mol. The molecule has 9 nitrogen and oxygen atoms in total. The van der Waals surface area contributed by atoms with Gasteiger partial charge in [-0.2, -0.15) is 9.97 Å². The summed E-state index contributed by atoms with van der Waals surface area (Å²) in [7, 11) is 5.09. The molecule has 1 fully saturated rings. The van der Waals surface area contributed by atoms with E-state index < -0.39 is 0 Å². The van der Waals surface area contributed by atoms with Gasteiger partial charge in [-0.25, -0.2) is 9.97 Å². The second-order valence-corrected chi connectivity index (χ2v) is 5.63. The molecular weight excluding hydrogens is 310 g/mol. The number of likely N-dealkylation sites (N-methyl/N-ethyl adjacent to an activating group) is 1. The van der Waals surface area contributed by atoms with Crippen molar-refractivity contribution >= 4 is 11.8 Å². The van der Waals surface area contributed by atoms with Crippen LogP contribution < -0.4 is 19.3 Å². The third kappa shape index (κ3) is 3.29. The SMILES string of the molecule is COc1nc(OC)nc(N2CCC(N(C)c3cc(C)ncn3)C2)n1. The second kappa shape index (κ2) is 6.81. The predicted octanol–water partition coefficient (Wildman–Crippen LogP) is 0.702. The van der Waals surface area contributed by atoms with Crippen molar-refractivity contribution < 1.29 is 9.47 Å². The van der Waals surface area contributed by atoms with Crippen molar-refractivity contribution in [3.05, 3.63) is 18.1 Å². The Bertz CT molecular complexity index is 690. The average Bonchev–Trinajstić information content (AvgIpc) is 3.10. The van der Waals surface area contributed by atoms with Gasteiger partial charge in [0.2, 0.25) is 5.95 Å². The highest BCUT2D eigenvalue weighted by molar-refractivity contribution is 5.42. The molecule has 1 atom stereocenters. The van der Waals surface area contributed by atoms with E-state index in [1.165, 1.54) is 14.2 Å². The number of anilines is 2. The third-order valence-electron chi connectivity index (χ3n) is 4.09. The molecule has 128 valence electrons. The first-order valence-corrected chi connectivity index (χ1v) is 7.71. The van der Waals surface area contributed by atoms with Gasteiger partial charge >= 0.3 is 12.0 Å².